The summed E-state index contributed by atoms with van der Waals surface area (Å²) in [5.41, 5.74) is 3.04. The maximum absolute atomic E-state index is 4.38. The van der Waals surface area contributed by atoms with Crippen molar-refractivity contribution in [3.8, 4) is 0 Å². The summed E-state index contributed by atoms with van der Waals surface area (Å²) in [5.74, 6) is 1.33. The van der Waals surface area contributed by atoms with Crippen molar-refractivity contribution in [3.05, 3.63) is 36.4 Å². The van der Waals surface area contributed by atoms with E-state index in [1.165, 1.54) is 18.4 Å². The van der Waals surface area contributed by atoms with Gasteiger partial charge in [0.05, 0.1) is 5.69 Å². The Hall–Kier alpha value is -2.41. The molecule has 1 saturated heterocycles. The van der Waals surface area contributed by atoms with Gasteiger partial charge in [-0.05, 0) is 36.9 Å². The number of aryl methyl sites for hydroxylation is 1. The van der Waals surface area contributed by atoms with Gasteiger partial charge < -0.3 is 10.6 Å². The fraction of sp³-hybridized carbons (Fsp3) is 0.400. The van der Waals surface area contributed by atoms with E-state index in [0.29, 0.717) is 5.92 Å². The first-order valence-corrected chi connectivity index (χ1v) is 7.60. The largest absolute Gasteiger partial charge is 0.336 e. The summed E-state index contributed by atoms with van der Waals surface area (Å²) in [4.78, 5) is 4.35. The number of hydrogen-bond donors (Lipinski definition) is 2. The molecule has 0 amide bonds. The second-order valence-corrected chi connectivity index (χ2v) is 5.76. The van der Waals surface area contributed by atoms with Gasteiger partial charge in [0.2, 0.25) is 0 Å². The van der Waals surface area contributed by atoms with Crippen LogP contribution >= 0.6 is 0 Å². The van der Waals surface area contributed by atoms with Crippen LogP contribution in [-0.2, 0) is 7.05 Å². The first-order chi connectivity index (χ1) is 10.8. The number of anilines is 2. The molecule has 0 aromatic carbocycles. The van der Waals surface area contributed by atoms with Crippen molar-refractivity contribution in [2.24, 2.45) is 7.05 Å². The molecule has 22 heavy (non-hydrogen) atoms. The zero-order chi connectivity index (χ0) is 14.9. The summed E-state index contributed by atoms with van der Waals surface area (Å²) in [6.45, 7) is 2.13. The molecule has 4 heterocycles. The van der Waals surface area contributed by atoms with Gasteiger partial charge in [-0.3, -0.25) is 4.68 Å². The van der Waals surface area contributed by atoms with Crippen LogP contribution in [0.2, 0.25) is 0 Å². The SMILES string of the molecule is Cn1ccc(Nc2cc(C3CCCNC3)cn3ncnc23)n1. The predicted octanol–water partition coefficient (Wildman–Crippen LogP) is 1.67. The lowest BCUT2D eigenvalue weighted by Gasteiger charge is -2.23. The van der Waals surface area contributed by atoms with Crippen LogP contribution in [0.1, 0.15) is 24.3 Å². The molecule has 7 heteroatoms. The molecule has 0 radical (unpaired) electrons. The highest BCUT2D eigenvalue weighted by molar-refractivity contribution is 5.72. The van der Waals surface area contributed by atoms with E-state index in [2.05, 4.69) is 38.1 Å². The van der Waals surface area contributed by atoms with Gasteiger partial charge in [0.1, 0.15) is 6.33 Å². The second-order valence-electron chi connectivity index (χ2n) is 5.76. The number of nitrogens with one attached hydrogen (secondary N) is 2. The smallest absolute Gasteiger partial charge is 0.178 e. The molecule has 0 spiro atoms. The van der Waals surface area contributed by atoms with E-state index in [1.54, 1.807) is 11.0 Å². The molecule has 1 atom stereocenters. The second kappa shape index (κ2) is 5.42. The maximum atomic E-state index is 4.38. The van der Waals surface area contributed by atoms with Crippen LogP contribution in [0, 0.1) is 0 Å². The van der Waals surface area contributed by atoms with Crippen LogP contribution < -0.4 is 10.6 Å². The molecule has 1 aliphatic rings. The third kappa shape index (κ3) is 2.43. The molecule has 7 nitrogen and oxygen atoms in total. The van der Waals surface area contributed by atoms with E-state index in [0.717, 1.165) is 30.2 Å². The number of piperidine rings is 1. The maximum Gasteiger partial charge on any atom is 0.178 e. The van der Waals surface area contributed by atoms with E-state index in [-0.39, 0.29) is 0 Å². The lowest BCUT2D eigenvalue weighted by Crippen LogP contribution is -2.28. The van der Waals surface area contributed by atoms with E-state index in [1.807, 2.05) is 23.8 Å². The first-order valence-electron chi connectivity index (χ1n) is 7.60. The van der Waals surface area contributed by atoms with Gasteiger partial charge >= 0.3 is 0 Å². The molecule has 0 aliphatic carbocycles. The van der Waals surface area contributed by atoms with Gasteiger partial charge in [-0.1, -0.05) is 0 Å². The van der Waals surface area contributed by atoms with E-state index in [4.69, 9.17) is 0 Å². The normalized spacial score (nSPS) is 18.7. The fourth-order valence-electron chi connectivity index (χ4n) is 3.02. The van der Waals surface area contributed by atoms with Gasteiger partial charge in [-0.2, -0.15) is 10.2 Å². The zero-order valence-corrected chi connectivity index (χ0v) is 12.5. The van der Waals surface area contributed by atoms with Crippen LogP contribution in [-0.4, -0.2) is 37.5 Å². The molecular formula is C15H19N7. The minimum absolute atomic E-state index is 0.520. The summed E-state index contributed by atoms with van der Waals surface area (Å²) in [7, 11) is 1.90. The zero-order valence-electron chi connectivity index (χ0n) is 12.5. The molecule has 114 valence electrons. The number of fused-ring (bicyclic) bond motifs is 1. The minimum atomic E-state index is 0.520. The Morgan fingerprint density at radius 3 is 3.14 bits per heavy atom. The number of rotatable bonds is 3. The third-order valence-corrected chi connectivity index (χ3v) is 4.14. The van der Waals surface area contributed by atoms with Gasteiger partial charge in [-0.15, -0.1) is 0 Å². The highest BCUT2D eigenvalue weighted by atomic mass is 15.3. The van der Waals surface area contributed by atoms with E-state index >= 15 is 0 Å². The van der Waals surface area contributed by atoms with Crippen LogP contribution in [0.15, 0.2) is 30.9 Å². The molecule has 4 rings (SSSR count). The van der Waals surface area contributed by atoms with Crippen LogP contribution in [0.3, 0.4) is 0 Å². The average molecular weight is 297 g/mol. The molecule has 0 saturated carbocycles. The van der Waals surface area contributed by atoms with Crippen molar-refractivity contribution in [1.29, 1.82) is 0 Å². The fourth-order valence-corrected chi connectivity index (χ4v) is 3.02. The molecule has 0 bridgehead atoms. The predicted molar refractivity (Wildman–Crippen MR) is 84.3 cm³/mol. The molecular weight excluding hydrogens is 278 g/mol. The Morgan fingerprint density at radius 2 is 2.36 bits per heavy atom. The molecule has 2 N–H and O–H groups in total. The molecule has 1 aliphatic heterocycles. The van der Waals surface area contributed by atoms with Crippen LogP contribution in [0.5, 0.6) is 0 Å². The van der Waals surface area contributed by atoms with Crippen molar-refractivity contribution in [3.63, 3.8) is 0 Å². The Balaban J connectivity index is 1.73. The highest BCUT2D eigenvalue weighted by Gasteiger charge is 2.18. The lowest BCUT2D eigenvalue weighted by atomic mass is 9.92. The lowest BCUT2D eigenvalue weighted by molar-refractivity contribution is 0.460. The Kier molecular flexibility index (Phi) is 3.27. The number of hydrogen-bond acceptors (Lipinski definition) is 5. The van der Waals surface area contributed by atoms with Gasteiger partial charge in [0, 0.05) is 32.1 Å². The van der Waals surface area contributed by atoms with Gasteiger partial charge in [0.25, 0.3) is 0 Å². The molecule has 1 unspecified atom stereocenters. The van der Waals surface area contributed by atoms with Crippen molar-refractivity contribution < 1.29 is 0 Å². The van der Waals surface area contributed by atoms with Crippen molar-refractivity contribution in [2.75, 3.05) is 18.4 Å². The topological polar surface area (TPSA) is 72.1 Å². The monoisotopic (exact) mass is 297 g/mol. The van der Waals surface area contributed by atoms with Crippen molar-refractivity contribution in [1.82, 2.24) is 29.7 Å². The van der Waals surface area contributed by atoms with Crippen molar-refractivity contribution in [2.45, 2.75) is 18.8 Å². The summed E-state index contributed by atoms with van der Waals surface area (Å²) < 4.78 is 3.62. The number of nitrogens with zero attached hydrogens (tertiary/aromatic N) is 5. The van der Waals surface area contributed by atoms with Crippen molar-refractivity contribution >= 4 is 17.2 Å². The first kappa shape index (κ1) is 13.3. The third-order valence-electron chi connectivity index (χ3n) is 4.14. The summed E-state index contributed by atoms with van der Waals surface area (Å²) in [6, 6.07) is 4.12. The number of pyridine rings is 1. The van der Waals surface area contributed by atoms with Crippen LogP contribution in [0.4, 0.5) is 11.5 Å². The van der Waals surface area contributed by atoms with E-state index < -0.39 is 0 Å². The average Bonchev–Trinajstić information content (AvgIpc) is 3.17. The van der Waals surface area contributed by atoms with Gasteiger partial charge in [0.15, 0.2) is 11.5 Å². The molecule has 3 aromatic heterocycles. The Labute approximate surface area is 128 Å². The Bertz CT molecular complexity index is 782. The molecule has 1 fully saturated rings. The quantitative estimate of drug-likeness (QED) is 0.769. The van der Waals surface area contributed by atoms with E-state index in [9.17, 15) is 0 Å². The summed E-state index contributed by atoms with van der Waals surface area (Å²) >= 11 is 0. The highest BCUT2D eigenvalue weighted by Crippen LogP contribution is 2.28. The summed E-state index contributed by atoms with van der Waals surface area (Å²) in [6.07, 6.45) is 8.00. The molecule has 3 aromatic rings. The van der Waals surface area contributed by atoms with Crippen LogP contribution in [0.25, 0.3) is 5.65 Å². The minimum Gasteiger partial charge on any atom is -0.336 e. The Morgan fingerprint density at radius 1 is 1.41 bits per heavy atom. The standard InChI is InChI=1S/C15H19N7/c1-21-6-4-14(20-21)19-13-7-12(11-3-2-5-16-8-11)9-22-15(13)17-10-18-22/h4,6-7,9-11,16H,2-3,5,8H2,1H3,(H,19,20). The summed E-state index contributed by atoms with van der Waals surface area (Å²) in [5, 5.41) is 15.5. The number of aromatic nitrogens is 5. The van der Waals surface area contributed by atoms with Gasteiger partial charge in [-0.25, -0.2) is 9.50 Å².